The van der Waals surface area contributed by atoms with E-state index in [1.54, 1.807) is 0 Å². The molecule has 29 heavy (non-hydrogen) atoms. The molecule has 162 valence electrons. The molecule has 2 heteroatoms. The number of hydrogen-bond donors (Lipinski definition) is 0. The molecule has 0 aliphatic carbocycles. The number of hydrogen-bond acceptors (Lipinski definition) is 1. The zero-order valence-corrected chi connectivity index (χ0v) is 19.0. The highest BCUT2D eigenvalue weighted by Gasteiger charge is 2.03. The van der Waals surface area contributed by atoms with Crippen LogP contribution in [-0.2, 0) is 19.4 Å². The molecule has 2 nitrogen and oxygen atoms in total. The first kappa shape index (κ1) is 23.7. The van der Waals surface area contributed by atoms with Crippen molar-refractivity contribution in [3.8, 4) is 0 Å². The van der Waals surface area contributed by atoms with Gasteiger partial charge >= 0.3 is 0 Å². The summed E-state index contributed by atoms with van der Waals surface area (Å²) in [5, 5.41) is 0. The average Bonchev–Trinajstić information content (AvgIpc) is 3.19. The van der Waals surface area contributed by atoms with Crippen molar-refractivity contribution in [3.63, 3.8) is 0 Å². The molecule has 0 saturated carbocycles. The van der Waals surface area contributed by atoms with Crippen molar-refractivity contribution in [2.24, 2.45) is 0 Å². The number of unbranched alkanes of at least 4 members (excludes halogenated alkanes) is 12. The summed E-state index contributed by atoms with van der Waals surface area (Å²) in [6.07, 6.45) is 25.9. The minimum Gasteiger partial charge on any atom is -0.335 e. The van der Waals surface area contributed by atoms with Gasteiger partial charge in [-0.05, 0) is 24.8 Å². The molecule has 0 N–H and O–H groups in total. The number of aromatic nitrogens is 2. The topological polar surface area (TPSA) is 17.8 Å². The number of benzene rings is 1. The second-order valence-electron chi connectivity index (χ2n) is 8.62. The molecule has 0 unspecified atom stereocenters. The lowest BCUT2D eigenvalue weighted by atomic mass is 10.0. The van der Waals surface area contributed by atoms with E-state index in [-0.39, 0.29) is 0 Å². The van der Waals surface area contributed by atoms with Crippen LogP contribution in [0.4, 0.5) is 0 Å². The molecule has 0 amide bonds. The fraction of sp³-hybridized carbons (Fsp3) is 0.667. The smallest absolute Gasteiger partial charge is 0.108 e. The van der Waals surface area contributed by atoms with Crippen LogP contribution in [-0.4, -0.2) is 9.55 Å². The Morgan fingerprint density at radius 2 is 1.24 bits per heavy atom. The lowest BCUT2D eigenvalue weighted by molar-refractivity contribution is 0.520. The van der Waals surface area contributed by atoms with Gasteiger partial charge in [-0.1, -0.05) is 114 Å². The molecule has 0 spiro atoms. The van der Waals surface area contributed by atoms with E-state index in [1.165, 1.54) is 101 Å². The van der Waals surface area contributed by atoms with Gasteiger partial charge in [0.05, 0.1) is 0 Å². The van der Waals surface area contributed by atoms with Crippen molar-refractivity contribution in [3.05, 3.63) is 54.1 Å². The Bertz CT molecular complexity index is 602. The molecule has 0 atom stereocenters. The van der Waals surface area contributed by atoms with Gasteiger partial charge in [0, 0.05) is 25.4 Å². The fourth-order valence-electron chi connectivity index (χ4n) is 4.17. The first-order valence-electron chi connectivity index (χ1n) is 12.4. The van der Waals surface area contributed by atoms with Crippen LogP contribution in [0.3, 0.4) is 0 Å². The van der Waals surface area contributed by atoms with Gasteiger partial charge in [0.1, 0.15) is 5.82 Å². The molecule has 2 rings (SSSR count). The van der Waals surface area contributed by atoms with Crippen LogP contribution in [0, 0.1) is 0 Å². The van der Waals surface area contributed by atoms with Gasteiger partial charge in [-0.3, -0.25) is 0 Å². The number of rotatable bonds is 18. The van der Waals surface area contributed by atoms with Crippen LogP contribution in [0.5, 0.6) is 0 Å². The Hall–Kier alpha value is -1.57. The normalized spacial score (nSPS) is 11.2. The van der Waals surface area contributed by atoms with Gasteiger partial charge < -0.3 is 4.57 Å². The summed E-state index contributed by atoms with van der Waals surface area (Å²) < 4.78 is 2.38. The maximum atomic E-state index is 4.59. The third kappa shape index (κ3) is 11.3. The molecule has 1 aromatic heterocycles. The van der Waals surface area contributed by atoms with Gasteiger partial charge in [-0.2, -0.15) is 0 Å². The predicted octanol–water partition coefficient (Wildman–Crippen LogP) is 8.15. The van der Waals surface area contributed by atoms with Crippen molar-refractivity contribution in [1.82, 2.24) is 9.55 Å². The van der Waals surface area contributed by atoms with Crippen LogP contribution in [0.2, 0.25) is 0 Å². The number of nitrogens with zero attached hydrogens (tertiary/aromatic N) is 2. The first-order valence-corrected chi connectivity index (χ1v) is 12.4. The molecule has 0 fully saturated rings. The SMILES string of the molecule is CCCCCCCCCCCCCCCn1ccnc1CCCc1ccccc1. The maximum absolute atomic E-state index is 4.59. The van der Waals surface area contributed by atoms with E-state index in [1.807, 2.05) is 6.20 Å². The standard InChI is InChI=1S/C27H44N2/c1-2-3-4-5-6-7-8-9-10-11-12-13-17-24-29-25-23-28-27(29)22-18-21-26-19-15-14-16-20-26/h14-16,19-20,23,25H,2-13,17-18,21-22,24H2,1H3. The molecule has 0 aliphatic rings. The van der Waals surface area contributed by atoms with Crippen LogP contribution < -0.4 is 0 Å². The molecule has 0 bridgehead atoms. The van der Waals surface area contributed by atoms with Crippen LogP contribution in [0.25, 0.3) is 0 Å². The summed E-state index contributed by atoms with van der Waals surface area (Å²) in [5.41, 5.74) is 1.43. The molecular weight excluding hydrogens is 352 g/mol. The van der Waals surface area contributed by atoms with Crippen LogP contribution >= 0.6 is 0 Å². The van der Waals surface area contributed by atoms with Gasteiger partial charge in [-0.15, -0.1) is 0 Å². The van der Waals surface area contributed by atoms with Crippen molar-refractivity contribution in [2.75, 3.05) is 0 Å². The van der Waals surface area contributed by atoms with Crippen molar-refractivity contribution < 1.29 is 0 Å². The summed E-state index contributed by atoms with van der Waals surface area (Å²) >= 11 is 0. The van der Waals surface area contributed by atoms with Crippen molar-refractivity contribution in [2.45, 2.75) is 116 Å². The van der Waals surface area contributed by atoms with Crippen LogP contribution in [0.1, 0.15) is 108 Å². The number of imidazole rings is 1. The third-order valence-electron chi connectivity index (χ3n) is 6.01. The molecular formula is C27H44N2. The second-order valence-corrected chi connectivity index (χ2v) is 8.62. The zero-order valence-electron chi connectivity index (χ0n) is 19.0. The fourth-order valence-corrected chi connectivity index (χ4v) is 4.17. The number of aryl methyl sites for hydroxylation is 3. The van der Waals surface area contributed by atoms with E-state index in [4.69, 9.17) is 0 Å². The predicted molar refractivity (Wildman–Crippen MR) is 126 cm³/mol. The average molecular weight is 397 g/mol. The summed E-state index contributed by atoms with van der Waals surface area (Å²) in [6.45, 7) is 3.43. The Labute approximate surface area is 180 Å². The third-order valence-corrected chi connectivity index (χ3v) is 6.01. The lowest BCUT2D eigenvalue weighted by Crippen LogP contribution is -2.04. The summed E-state index contributed by atoms with van der Waals surface area (Å²) in [5.74, 6) is 1.26. The Morgan fingerprint density at radius 1 is 0.655 bits per heavy atom. The van der Waals surface area contributed by atoms with Crippen molar-refractivity contribution >= 4 is 0 Å². The van der Waals surface area contributed by atoms with Crippen molar-refractivity contribution in [1.29, 1.82) is 0 Å². The monoisotopic (exact) mass is 396 g/mol. The second kappa shape index (κ2) is 16.3. The van der Waals surface area contributed by atoms with E-state index in [0.29, 0.717) is 0 Å². The lowest BCUT2D eigenvalue weighted by Gasteiger charge is -2.08. The quantitative estimate of drug-likeness (QED) is 0.232. The van der Waals surface area contributed by atoms with E-state index < -0.39 is 0 Å². The van der Waals surface area contributed by atoms with Gasteiger partial charge in [0.2, 0.25) is 0 Å². The van der Waals surface area contributed by atoms with E-state index in [0.717, 1.165) is 19.4 Å². The van der Waals surface area contributed by atoms with Gasteiger partial charge in [0.15, 0.2) is 0 Å². The summed E-state index contributed by atoms with van der Waals surface area (Å²) in [4.78, 5) is 4.59. The molecule has 0 aliphatic heterocycles. The minimum absolute atomic E-state index is 1.08. The molecule has 1 heterocycles. The molecule has 0 radical (unpaired) electrons. The highest BCUT2D eigenvalue weighted by Crippen LogP contribution is 2.13. The molecule has 1 aromatic carbocycles. The minimum atomic E-state index is 1.08. The van der Waals surface area contributed by atoms with E-state index in [2.05, 4.69) is 53.0 Å². The largest absolute Gasteiger partial charge is 0.335 e. The highest BCUT2D eigenvalue weighted by atomic mass is 15.1. The van der Waals surface area contributed by atoms with Gasteiger partial charge in [-0.25, -0.2) is 4.98 Å². The Morgan fingerprint density at radius 3 is 1.86 bits per heavy atom. The summed E-state index contributed by atoms with van der Waals surface area (Å²) in [7, 11) is 0. The maximum Gasteiger partial charge on any atom is 0.108 e. The highest BCUT2D eigenvalue weighted by molar-refractivity contribution is 5.14. The molecule has 2 aromatic rings. The Kier molecular flexibility index (Phi) is 13.3. The van der Waals surface area contributed by atoms with E-state index >= 15 is 0 Å². The van der Waals surface area contributed by atoms with Crippen LogP contribution in [0.15, 0.2) is 42.7 Å². The van der Waals surface area contributed by atoms with E-state index in [9.17, 15) is 0 Å². The Balaban J connectivity index is 1.43. The summed E-state index contributed by atoms with van der Waals surface area (Å²) in [6, 6.07) is 10.8. The zero-order chi connectivity index (χ0) is 20.4. The van der Waals surface area contributed by atoms with Gasteiger partial charge in [0.25, 0.3) is 0 Å². The first-order chi connectivity index (χ1) is 14.4. The molecule has 0 saturated heterocycles.